The van der Waals surface area contributed by atoms with Crippen LogP contribution in [0.1, 0.15) is 16.8 Å². The van der Waals surface area contributed by atoms with E-state index in [9.17, 15) is 14.9 Å². The Morgan fingerprint density at radius 3 is 2.86 bits per heavy atom. The van der Waals surface area contributed by atoms with Crippen LogP contribution in [0.25, 0.3) is 0 Å². The minimum Gasteiger partial charge on any atom is -0.396 e. The van der Waals surface area contributed by atoms with E-state index in [0.717, 1.165) is 6.07 Å². The number of nitrogens with zero attached hydrogens (tertiary/aromatic N) is 2. The third kappa shape index (κ3) is 3.07. The highest BCUT2D eigenvalue weighted by Crippen LogP contribution is 2.33. The van der Waals surface area contributed by atoms with Crippen LogP contribution in [-0.2, 0) is 0 Å². The fraction of sp³-hybridized carbons (Fsp3) is 0.417. The lowest BCUT2D eigenvalue weighted by Gasteiger charge is -2.17. The largest absolute Gasteiger partial charge is 0.396 e. The van der Waals surface area contributed by atoms with Gasteiger partial charge in [-0.2, -0.15) is 0 Å². The van der Waals surface area contributed by atoms with Crippen LogP contribution in [-0.4, -0.2) is 40.5 Å². The summed E-state index contributed by atoms with van der Waals surface area (Å²) in [5, 5.41) is 20.1. The van der Waals surface area contributed by atoms with Crippen molar-refractivity contribution in [2.24, 2.45) is 11.8 Å². The van der Waals surface area contributed by atoms with Gasteiger partial charge in [-0.05, 0) is 12.5 Å². The maximum absolute atomic E-state index is 12.3. The molecule has 1 atom stereocenters. The van der Waals surface area contributed by atoms with E-state index in [0.29, 0.717) is 19.5 Å². The molecule has 1 fully saturated rings. The first-order valence-electron chi connectivity index (χ1n) is 6.32. The van der Waals surface area contributed by atoms with Gasteiger partial charge >= 0.3 is 0 Å². The molecule has 114 valence electrons. The number of carbonyl (C=O) groups is 1. The number of hydrogen-bond donors (Lipinski definition) is 3. The van der Waals surface area contributed by atoms with Crippen molar-refractivity contribution in [3.8, 4) is 0 Å². The highest BCUT2D eigenvalue weighted by Gasteiger charge is 2.28. The predicted octanol–water partition coefficient (Wildman–Crippen LogP) is 0.988. The second-order valence-corrected chi connectivity index (χ2v) is 5.25. The molecule has 1 aromatic rings. The smallest absolute Gasteiger partial charge is 0.295 e. The van der Waals surface area contributed by atoms with Crippen LogP contribution in [0.4, 0.5) is 11.4 Å². The van der Waals surface area contributed by atoms with E-state index >= 15 is 0 Å². The molecule has 1 saturated heterocycles. The van der Waals surface area contributed by atoms with Gasteiger partial charge in [-0.3, -0.25) is 20.8 Å². The van der Waals surface area contributed by atoms with E-state index in [4.69, 9.17) is 22.6 Å². The van der Waals surface area contributed by atoms with Crippen LogP contribution in [0.5, 0.6) is 0 Å². The lowest BCUT2D eigenvalue weighted by atomic mass is 10.1. The van der Waals surface area contributed by atoms with Gasteiger partial charge in [-0.25, -0.2) is 0 Å². The van der Waals surface area contributed by atoms with Crippen LogP contribution in [0.3, 0.4) is 0 Å². The minimum absolute atomic E-state index is 0.00737. The molecule has 0 bridgehead atoms. The number of aliphatic hydroxyl groups is 1. The Kier molecular flexibility index (Phi) is 4.61. The zero-order valence-corrected chi connectivity index (χ0v) is 11.8. The third-order valence-electron chi connectivity index (χ3n) is 3.49. The first kappa shape index (κ1) is 15.5. The number of nitrogen functional groups attached to an aromatic ring is 1. The average molecular weight is 315 g/mol. The summed E-state index contributed by atoms with van der Waals surface area (Å²) in [5.41, 5.74) is 1.90. The number of anilines is 1. The number of hydrazine groups is 1. The number of carbonyl (C=O) groups excluding carboxylic acids is 1. The molecule has 0 saturated carbocycles. The van der Waals surface area contributed by atoms with Crippen molar-refractivity contribution in [2.75, 3.05) is 25.1 Å². The van der Waals surface area contributed by atoms with E-state index in [2.05, 4.69) is 5.43 Å². The zero-order valence-electron chi connectivity index (χ0n) is 11.1. The number of halogens is 1. The van der Waals surface area contributed by atoms with Crippen molar-refractivity contribution in [1.82, 2.24) is 4.90 Å². The summed E-state index contributed by atoms with van der Waals surface area (Å²) in [4.78, 5) is 24.3. The molecule has 0 aliphatic carbocycles. The van der Waals surface area contributed by atoms with Gasteiger partial charge < -0.3 is 15.4 Å². The van der Waals surface area contributed by atoms with Crippen molar-refractivity contribution < 1.29 is 14.8 Å². The Morgan fingerprint density at radius 2 is 2.33 bits per heavy atom. The Hall–Kier alpha value is -1.90. The van der Waals surface area contributed by atoms with E-state index < -0.39 is 4.92 Å². The number of nitro groups is 1. The molecular weight excluding hydrogens is 300 g/mol. The molecule has 21 heavy (non-hydrogen) atoms. The molecular formula is C12H15ClN4O4. The van der Waals surface area contributed by atoms with Crippen LogP contribution >= 0.6 is 11.6 Å². The van der Waals surface area contributed by atoms with Crippen LogP contribution in [0.2, 0.25) is 5.02 Å². The number of nitrogens with two attached hydrogens (primary N) is 1. The minimum atomic E-state index is -0.654. The van der Waals surface area contributed by atoms with E-state index in [-0.39, 0.29) is 40.4 Å². The molecule has 0 aromatic heterocycles. The number of nitrogens with one attached hydrogen (secondary N) is 1. The Bertz CT molecular complexity index is 581. The van der Waals surface area contributed by atoms with E-state index in [1.807, 2.05) is 0 Å². The highest BCUT2D eigenvalue weighted by molar-refractivity contribution is 6.34. The number of benzene rings is 1. The molecule has 0 spiro atoms. The fourth-order valence-electron chi connectivity index (χ4n) is 2.35. The van der Waals surface area contributed by atoms with E-state index in [1.54, 1.807) is 4.90 Å². The van der Waals surface area contributed by atoms with Crippen LogP contribution in [0.15, 0.2) is 12.1 Å². The summed E-state index contributed by atoms with van der Waals surface area (Å²) in [7, 11) is 0. The molecule has 1 unspecified atom stereocenters. The highest BCUT2D eigenvalue weighted by atomic mass is 35.5. The number of nitro benzene ring substituents is 1. The Balaban J connectivity index is 2.32. The van der Waals surface area contributed by atoms with Crippen LogP contribution < -0.4 is 11.3 Å². The van der Waals surface area contributed by atoms with Gasteiger partial charge in [0.25, 0.3) is 11.6 Å². The summed E-state index contributed by atoms with van der Waals surface area (Å²) >= 11 is 5.93. The quantitative estimate of drug-likeness (QED) is 0.433. The van der Waals surface area contributed by atoms with Gasteiger partial charge in [0, 0.05) is 37.2 Å². The monoisotopic (exact) mass is 314 g/mol. The molecule has 0 radical (unpaired) electrons. The maximum Gasteiger partial charge on any atom is 0.295 e. The summed E-state index contributed by atoms with van der Waals surface area (Å²) in [6, 6.07) is 2.49. The molecule has 1 aliphatic heterocycles. The standard InChI is InChI=1S/C12H15ClN4O4/c13-9-3-8(4-10(17(20)21)11(9)15-14)12(19)16-2-1-7(5-16)6-18/h3-4,7,15,18H,1-2,5-6,14H2. The Morgan fingerprint density at radius 1 is 1.62 bits per heavy atom. The van der Waals surface area contributed by atoms with Gasteiger partial charge in [-0.15, -0.1) is 0 Å². The maximum atomic E-state index is 12.3. The molecule has 1 amide bonds. The first-order chi connectivity index (χ1) is 9.97. The lowest BCUT2D eigenvalue weighted by molar-refractivity contribution is -0.384. The van der Waals surface area contributed by atoms with E-state index in [1.165, 1.54) is 6.07 Å². The van der Waals surface area contributed by atoms with Gasteiger partial charge in [0.05, 0.1) is 9.95 Å². The van der Waals surface area contributed by atoms with Crippen molar-refractivity contribution in [2.45, 2.75) is 6.42 Å². The molecule has 1 aromatic carbocycles. The van der Waals surface area contributed by atoms with Gasteiger partial charge in [-0.1, -0.05) is 11.6 Å². The van der Waals surface area contributed by atoms with Gasteiger partial charge in [0.15, 0.2) is 0 Å². The molecule has 1 heterocycles. The van der Waals surface area contributed by atoms with Crippen molar-refractivity contribution in [3.63, 3.8) is 0 Å². The summed E-state index contributed by atoms with van der Waals surface area (Å²) in [6.07, 6.45) is 0.709. The Labute approximate surface area is 125 Å². The third-order valence-corrected chi connectivity index (χ3v) is 3.79. The number of amides is 1. The summed E-state index contributed by atoms with van der Waals surface area (Å²) in [5.74, 6) is 4.91. The van der Waals surface area contributed by atoms with Gasteiger partial charge in [0.1, 0.15) is 5.69 Å². The first-order valence-corrected chi connectivity index (χ1v) is 6.70. The molecule has 8 nitrogen and oxygen atoms in total. The average Bonchev–Trinajstić information content (AvgIpc) is 2.94. The molecule has 2 rings (SSSR count). The van der Waals surface area contributed by atoms with Crippen molar-refractivity contribution in [1.29, 1.82) is 0 Å². The van der Waals surface area contributed by atoms with Gasteiger partial charge in [0.2, 0.25) is 0 Å². The normalized spacial score (nSPS) is 17.9. The predicted molar refractivity (Wildman–Crippen MR) is 77.0 cm³/mol. The van der Waals surface area contributed by atoms with Crippen molar-refractivity contribution in [3.05, 3.63) is 32.8 Å². The SMILES string of the molecule is NNc1c(Cl)cc(C(=O)N2CCC(CO)C2)cc1[N+](=O)[O-]. The van der Waals surface area contributed by atoms with Crippen molar-refractivity contribution >= 4 is 28.9 Å². The lowest BCUT2D eigenvalue weighted by Crippen LogP contribution is -2.29. The topological polar surface area (TPSA) is 122 Å². The summed E-state index contributed by atoms with van der Waals surface area (Å²) in [6.45, 7) is 0.949. The second-order valence-electron chi connectivity index (χ2n) is 4.84. The fourth-order valence-corrected chi connectivity index (χ4v) is 2.62. The second kappa shape index (κ2) is 6.25. The molecule has 1 aliphatic rings. The summed E-state index contributed by atoms with van der Waals surface area (Å²) < 4.78 is 0. The number of likely N-dealkylation sites (tertiary alicyclic amines) is 1. The van der Waals surface area contributed by atoms with Crippen LogP contribution in [0, 0.1) is 16.0 Å². The molecule has 4 N–H and O–H groups in total. The number of hydrogen-bond acceptors (Lipinski definition) is 6. The number of aliphatic hydroxyl groups excluding tert-OH is 1. The number of rotatable bonds is 4. The zero-order chi connectivity index (χ0) is 15.6. The molecule has 9 heteroatoms.